The molecule has 0 spiro atoms. The highest BCUT2D eigenvalue weighted by molar-refractivity contribution is 5.58. The summed E-state index contributed by atoms with van der Waals surface area (Å²) in [5, 5.41) is 23.4. The van der Waals surface area contributed by atoms with Gasteiger partial charge in [-0.1, -0.05) is 20.8 Å². The molecule has 0 saturated heterocycles. The van der Waals surface area contributed by atoms with Crippen LogP contribution in [0.2, 0.25) is 0 Å². The van der Waals surface area contributed by atoms with E-state index >= 15 is 0 Å². The zero-order chi connectivity index (χ0) is 15.1. The van der Waals surface area contributed by atoms with Crippen LogP contribution in [0.5, 0.6) is 5.75 Å². The van der Waals surface area contributed by atoms with Gasteiger partial charge < -0.3 is 15.2 Å². The van der Waals surface area contributed by atoms with Crippen LogP contribution in [-0.4, -0.2) is 29.3 Å². The van der Waals surface area contributed by atoms with Gasteiger partial charge in [-0.05, 0) is 18.4 Å². The molecule has 6 heteroatoms. The van der Waals surface area contributed by atoms with E-state index in [1.165, 1.54) is 6.07 Å². The molecule has 112 valence electrons. The van der Waals surface area contributed by atoms with Gasteiger partial charge >= 0.3 is 5.69 Å². The standard InChI is InChI=1S/C14H22N2O4/c1-4-7-20-14-8-11(5-6-13(14)16(18)19)15-12(9-17)10(2)3/h5-6,8,10,12,15,17H,4,7,9H2,1-3H3/t12-/m1/s1. The Morgan fingerprint density at radius 2 is 2.15 bits per heavy atom. The number of nitro groups is 1. The van der Waals surface area contributed by atoms with Crippen molar-refractivity contribution >= 4 is 11.4 Å². The fourth-order valence-electron chi connectivity index (χ4n) is 1.72. The van der Waals surface area contributed by atoms with Crippen molar-refractivity contribution in [2.75, 3.05) is 18.5 Å². The largest absolute Gasteiger partial charge is 0.487 e. The predicted molar refractivity (Wildman–Crippen MR) is 78.2 cm³/mol. The quantitative estimate of drug-likeness (QED) is 0.565. The van der Waals surface area contributed by atoms with Crippen LogP contribution in [0.4, 0.5) is 11.4 Å². The zero-order valence-corrected chi connectivity index (χ0v) is 12.1. The van der Waals surface area contributed by atoms with Crippen LogP contribution in [0, 0.1) is 16.0 Å². The van der Waals surface area contributed by atoms with Crippen LogP contribution < -0.4 is 10.1 Å². The second-order valence-corrected chi connectivity index (χ2v) is 4.97. The summed E-state index contributed by atoms with van der Waals surface area (Å²) >= 11 is 0. The van der Waals surface area contributed by atoms with Crippen LogP contribution in [0.15, 0.2) is 18.2 Å². The SMILES string of the molecule is CCCOc1cc(N[C@H](CO)C(C)C)ccc1[N+](=O)[O-]. The molecular formula is C14H22N2O4. The molecule has 0 bridgehead atoms. The minimum Gasteiger partial charge on any atom is -0.487 e. The minimum absolute atomic E-state index is 0.000194. The Bertz CT molecular complexity index is 449. The van der Waals surface area contributed by atoms with E-state index in [2.05, 4.69) is 5.32 Å². The lowest BCUT2D eigenvalue weighted by Gasteiger charge is -2.21. The Kier molecular flexibility index (Phi) is 6.24. The highest BCUT2D eigenvalue weighted by atomic mass is 16.6. The van der Waals surface area contributed by atoms with Crippen LogP contribution in [0.3, 0.4) is 0 Å². The first-order valence-electron chi connectivity index (χ1n) is 6.78. The molecule has 0 heterocycles. The fraction of sp³-hybridized carbons (Fsp3) is 0.571. The third-order valence-corrected chi connectivity index (χ3v) is 2.97. The number of rotatable bonds is 8. The van der Waals surface area contributed by atoms with E-state index in [-0.39, 0.29) is 30.0 Å². The summed E-state index contributed by atoms with van der Waals surface area (Å²) in [6.07, 6.45) is 0.778. The number of aliphatic hydroxyl groups is 1. The van der Waals surface area contributed by atoms with Crippen LogP contribution in [-0.2, 0) is 0 Å². The Hall–Kier alpha value is -1.82. The van der Waals surface area contributed by atoms with Gasteiger partial charge in [-0.3, -0.25) is 10.1 Å². The third kappa shape index (κ3) is 4.38. The van der Waals surface area contributed by atoms with Gasteiger partial charge in [-0.15, -0.1) is 0 Å². The maximum absolute atomic E-state index is 10.9. The summed E-state index contributed by atoms with van der Waals surface area (Å²) in [5.74, 6) is 0.498. The van der Waals surface area contributed by atoms with E-state index in [0.29, 0.717) is 12.3 Å². The molecule has 0 amide bonds. The first kappa shape index (κ1) is 16.2. The number of benzene rings is 1. The molecule has 0 fully saturated rings. The monoisotopic (exact) mass is 282 g/mol. The molecule has 0 aromatic heterocycles. The Morgan fingerprint density at radius 1 is 1.45 bits per heavy atom. The molecule has 1 rings (SSSR count). The van der Waals surface area contributed by atoms with Crippen LogP contribution in [0.1, 0.15) is 27.2 Å². The van der Waals surface area contributed by atoms with Crippen LogP contribution in [0.25, 0.3) is 0 Å². The van der Waals surface area contributed by atoms with E-state index in [1.807, 2.05) is 20.8 Å². The first-order chi connectivity index (χ1) is 9.49. The highest BCUT2D eigenvalue weighted by Crippen LogP contribution is 2.30. The van der Waals surface area contributed by atoms with E-state index in [9.17, 15) is 15.2 Å². The van der Waals surface area contributed by atoms with Gasteiger partial charge in [0.1, 0.15) is 0 Å². The highest BCUT2D eigenvalue weighted by Gasteiger charge is 2.17. The molecule has 0 aliphatic rings. The van der Waals surface area contributed by atoms with Crippen molar-refractivity contribution < 1.29 is 14.8 Å². The molecule has 6 nitrogen and oxygen atoms in total. The van der Waals surface area contributed by atoms with E-state index in [4.69, 9.17) is 4.74 Å². The van der Waals surface area contributed by atoms with Gasteiger partial charge in [0, 0.05) is 17.8 Å². The van der Waals surface area contributed by atoms with Gasteiger partial charge in [0.2, 0.25) is 0 Å². The van der Waals surface area contributed by atoms with Gasteiger partial charge in [0.05, 0.1) is 24.2 Å². The fourth-order valence-corrected chi connectivity index (χ4v) is 1.72. The lowest BCUT2D eigenvalue weighted by molar-refractivity contribution is -0.385. The van der Waals surface area contributed by atoms with Gasteiger partial charge in [-0.25, -0.2) is 0 Å². The summed E-state index contributed by atoms with van der Waals surface area (Å²) in [7, 11) is 0. The maximum Gasteiger partial charge on any atom is 0.311 e. The molecule has 0 aliphatic carbocycles. The number of ether oxygens (including phenoxy) is 1. The van der Waals surface area contributed by atoms with Gasteiger partial charge in [0.25, 0.3) is 0 Å². The first-order valence-corrected chi connectivity index (χ1v) is 6.78. The minimum atomic E-state index is -0.458. The number of hydrogen-bond acceptors (Lipinski definition) is 5. The Morgan fingerprint density at radius 3 is 2.65 bits per heavy atom. The average Bonchev–Trinajstić information content (AvgIpc) is 2.41. The molecule has 0 aliphatic heterocycles. The number of nitro benzene ring substituents is 1. The lowest BCUT2D eigenvalue weighted by atomic mass is 10.1. The van der Waals surface area contributed by atoms with Crippen molar-refractivity contribution in [3.8, 4) is 5.75 Å². The number of nitrogens with zero attached hydrogens (tertiary/aromatic N) is 1. The van der Waals surface area contributed by atoms with Crippen molar-refractivity contribution in [3.63, 3.8) is 0 Å². The molecule has 0 saturated carbocycles. The normalized spacial score (nSPS) is 12.2. The van der Waals surface area contributed by atoms with E-state index in [1.54, 1.807) is 12.1 Å². The van der Waals surface area contributed by atoms with Crippen molar-refractivity contribution in [1.29, 1.82) is 0 Å². The summed E-state index contributed by atoms with van der Waals surface area (Å²) in [5.41, 5.74) is 0.656. The molecule has 1 atom stereocenters. The number of aliphatic hydroxyl groups excluding tert-OH is 1. The van der Waals surface area contributed by atoms with Crippen molar-refractivity contribution in [2.24, 2.45) is 5.92 Å². The molecule has 20 heavy (non-hydrogen) atoms. The number of hydrogen-bond donors (Lipinski definition) is 2. The number of nitrogens with one attached hydrogen (secondary N) is 1. The molecular weight excluding hydrogens is 260 g/mol. The molecule has 0 radical (unpaired) electrons. The Balaban J connectivity index is 2.96. The average molecular weight is 282 g/mol. The molecule has 2 N–H and O–H groups in total. The molecule has 1 aromatic carbocycles. The summed E-state index contributed by atoms with van der Waals surface area (Å²) in [6.45, 7) is 6.35. The maximum atomic E-state index is 10.9. The van der Waals surface area contributed by atoms with Gasteiger partial charge in [-0.2, -0.15) is 0 Å². The van der Waals surface area contributed by atoms with E-state index < -0.39 is 4.92 Å². The predicted octanol–water partition coefficient (Wildman–Crippen LogP) is 2.81. The molecule has 1 aromatic rings. The van der Waals surface area contributed by atoms with Crippen molar-refractivity contribution in [1.82, 2.24) is 0 Å². The summed E-state index contributed by atoms with van der Waals surface area (Å²) in [6, 6.07) is 4.55. The topological polar surface area (TPSA) is 84.6 Å². The van der Waals surface area contributed by atoms with Crippen LogP contribution >= 0.6 is 0 Å². The molecule has 0 unspecified atom stereocenters. The summed E-state index contributed by atoms with van der Waals surface area (Å²) < 4.78 is 5.42. The van der Waals surface area contributed by atoms with Crippen molar-refractivity contribution in [2.45, 2.75) is 33.2 Å². The second-order valence-electron chi connectivity index (χ2n) is 4.97. The van der Waals surface area contributed by atoms with Gasteiger partial charge in [0.15, 0.2) is 5.75 Å². The van der Waals surface area contributed by atoms with Crippen molar-refractivity contribution in [3.05, 3.63) is 28.3 Å². The van der Waals surface area contributed by atoms with E-state index in [0.717, 1.165) is 6.42 Å². The summed E-state index contributed by atoms with van der Waals surface area (Å²) in [4.78, 5) is 10.5. The number of anilines is 1. The second kappa shape index (κ2) is 7.69. The lowest BCUT2D eigenvalue weighted by Crippen LogP contribution is -2.29. The smallest absolute Gasteiger partial charge is 0.311 e. The zero-order valence-electron chi connectivity index (χ0n) is 12.1. The Labute approximate surface area is 118 Å². The third-order valence-electron chi connectivity index (χ3n) is 2.97.